The fourth-order valence-corrected chi connectivity index (χ4v) is 1.69. The predicted octanol–water partition coefficient (Wildman–Crippen LogP) is 2.04. The Hall–Kier alpha value is -0.610. The summed E-state index contributed by atoms with van der Waals surface area (Å²) < 4.78 is 6.12. The molecular formula is C9H11BrN2O. The van der Waals surface area contributed by atoms with Crippen LogP contribution in [-0.4, -0.2) is 24.2 Å². The van der Waals surface area contributed by atoms with Gasteiger partial charge < -0.3 is 10.1 Å². The van der Waals surface area contributed by atoms with Crippen molar-refractivity contribution in [3.05, 3.63) is 22.8 Å². The van der Waals surface area contributed by atoms with Crippen molar-refractivity contribution in [1.29, 1.82) is 0 Å². The van der Waals surface area contributed by atoms with E-state index in [9.17, 15) is 0 Å². The summed E-state index contributed by atoms with van der Waals surface area (Å²) in [6, 6.07) is 6.26. The summed E-state index contributed by atoms with van der Waals surface area (Å²) >= 11 is 3.33. The lowest BCUT2D eigenvalue weighted by Gasteiger charge is -2.10. The standard InChI is InChI=1S/C9H11BrN2O/c10-8-2-1-3-9(12-8)11-7-4-5-13-6-7/h1-3,7H,4-6H2,(H,11,12). The number of nitrogens with one attached hydrogen (secondary N) is 1. The molecule has 0 aliphatic carbocycles. The molecule has 13 heavy (non-hydrogen) atoms. The highest BCUT2D eigenvalue weighted by Gasteiger charge is 2.15. The average Bonchev–Trinajstić information content (AvgIpc) is 2.57. The van der Waals surface area contributed by atoms with E-state index >= 15 is 0 Å². The first-order chi connectivity index (χ1) is 6.34. The van der Waals surface area contributed by atoms with Crippen molar-refractivity contribution in [2.45, 2.75) is 12.5 Å². The number of hydrogen-bond donors (Lipinski definition) is 1. The highest BCUT2D eigenvalue weighted by Crippen LogP contribution is 2.14. The van der Waals surface area contributed by atoms with Gasteiger partial charge in [-0.2, -0.15) is 0 Å². The second kappa shape index (κ2) is 4.07. The highest BCUT2D eigenvalue weighted by molar-refractivity contribution is 9.10. The van der Waals surface area contributed by atoms with Gasteiger partial charge in [-0.3, -0.25) is 0 Å². The first kappa shape index (κ1) is 8.97. The molecule has 1 aromatic heterocycles. The fourth-order valence-electron chi connectivity index (χ4n) is 1.35. The Morgan fingerprint density at radius 1 is 1.54 bits per heavy atom. The molecule has 1 aromatic rings. The van der Waals surface area contributed by atoms with Crippen LogP contribution in [0.3, 0.4) is 0 Å². The summed E-state index contributed by atoms with van der Waals surface area (Å²) in [5.74, 6) is 0.907. The van der Waals surface area contributed by atoms with E-state index in [1.54, 1.807) is 0 Å². The molecule has 70 valence electrons. The molecular weight excluding hydrogens is 232 g/mol. The van der Waals surface area contributed by atoms with Crippen LogP contribution in [-0.2, 0) is 4.74 Å². The molecule has 1 aliphatic heterocycles. The SMILES string of the molecule is Brc1cccc(NC2CCOC2)n1. The zero-order valence-electron chi connectivity index (χ0n) is 7.16. The third-order valence-corrected chi connectivity index (χ3v) is 2.44. The van der Waals surface area contributed by atoms with E-state index in [0.717, 1.165) is 30.1 Å². The van der Waals surface area contributed by atoms with Crippen molar-refractivity contribution < 1.29 is 4.74 Å². The van der Waals surface area contributed by atoms with Gasteiger partial charge in [-0.15, -0.1) is 0 Å². The van der Waals surface area contributed by atoms with E-state index in [4.69, 9.17) is 4.74 Å². The molecule has 4 heteroatoms. The van der Waals surface area contributed by atoms with Gasteiger partial charge in [0, 0.05) is 6.61 Å². The van der Waals surface area contributed by atoms with Gasteiger partial charge in [-0.25, -0.2) is 4.98 Å². The summed E-state index contributed by atoms with van der Waals surface area (Å²) in [6.07, 6.45) is 1.06. The van der Waals surface area contributed by atoms with Crippen LogP contribution in [0.1, 0.15) is 6.42 Å². The van der Waals surface area contributed by atoms with Gasteiger partial charge >= 0.3 is 0 Å². The van der Waals surface area contributed by atoms with E-state index in [1.807, 2.05) is 18.2 Å². The predicted molar refractivity (Wildman–Crippen MR) is 54.8 cm³/mol. The number of halogens is 1. The molecule has 0 aromatic carbocycles. The van der Waals surface area contributed by atoms with Gasteiger partial charge in [-0.1, -0.05) is 6.07 Å². The van der Waals surface area contributed by atoms with Crippen molar-refractivity contribution in [1.82, 2.24) is 4.98 Å². The number of ether oxygens (including phenoxy) is 1. The van der Waals surface area contributed by atoms with Crippen LogP contribution < -0.4 is 5.32 Å². The molecule has 0 saturated carbocycles. The zero-order chi connectivity index (χ0) is 9.10. The third-order valence-electron chi connectivity index (χ3n) is 2.00. The molecule has 0 spiro atoms. The number of nitrogens with zero attached hydrogens (tertiary/aromatic N) is 1. The first-order valence-electron chi connectivity index (χ1n) is 4.31. The van der Waals surface area contributed by atoms with E-state index in [2.05, 4.69) is 26.2 Å². The number of pyridine rings is 1. The van der Waals surface area contributed by atoms with Gasteiger partial charge in [-0.05, 0) is 34.5 Å². The Labute approximate surface area is 85.6 Å². The maximum Gasteiger partial charge on any atom is 0.127 e. The molecule has 1 aliphatic rings. The van der Waals surface area contributed by atoms with Gasteiger partial charge in [0.1, 0.15) is 10.4 Å². The monoisotopic (exact) mass is 242 g/mol. The van der Waals surface area contributed by atoms with E-state index in [-0.39, 0.29) is 0 Å². The quantitative estimate of drug-likeness (QED) is 0.807. The molecule has 0 amide bonds. The lowest BCUT2D eigenvalue weighted by molar-refractivity contribution is 0.195. The van der Waals surface area contributed by atoms with Crippen molar-refractivity contribution in [3.8, 4) is 0 Å². The molecule has 1 fully saturated rings. The average molecular weight is 243 g/mol. The third kappa shape index (κ3) is 2.42. The maximum atomic E-state index is 5.26. The summed E-state index contributed by atoms with van der Waals surface area (Å²) in [5.41, 5.74) is 0. The molecule has 2 rings (SSSR count). The molecule has 1 N–H and O–H groups in total. The van der Waals surface area contributed by atoms with Crippen LogP contribution in [0.5, 0.6) is 0 Å². The lowest BCUT2D eigenvalue weighted by Crippen LogP contribution is -2.19. The topological polar surface area (TPSA) is 34.1 Å². The molecule has 0 bridgehead atoms. The van der Waals surface area contributed by atoms with Crippen molar-refractivity contribution in [3.63, 3.8) is 0 Å². The molecule has 3 nitrogen and oxygen atoms in total. The molecule has 2 heterocycles. The van der Waals surface area contributed by atoms with E-state index < -0.39 is 0 Å². The molecule has 1 unspecified atom stereocenters. The Balaban J connectivity index is 2.00. The normalized spacial score (nSPS) is 21.8. The Morgan fingerprint density at radius 2 is 2.46 bits per heavy atom. The van der Waals surface area contributed by atoms with Crippen molar-refractivity contribution in [2.75, 3.05) is 18.5 Å². The van der Waals surface area contributed by atoms with Crippen LogP contribution >= 0.6 is 15.9 Å². The summed E-state index contributed by atoms with van der Waals surface area (Å²) in [5, 5.41) is 3.32. The number of hydrogen-bond acceptors (Lipinski definition) is 3. The number of aromatic nitrogens is 1. The second-order valence-corrected chi connectivity index (χ2v) is 3.86. The molecule has 1 saturated heterocycles. The Morgan fingerprint density at radius 3 is 3.15 bits per heavy atom. The Kier molecular flexibility index (Phi) is 2.80. The molecule has 0 radical (unpaired) electrons. The maximum absolute atomic E-state index is 5.26. The van der Waals surface area contributed by atoms with Crippen molar-refractivity contribution in [2.24, 2.45) is 0 Å². The minimum Gasteiger partial charge on any atom is -0.379 e. The highest BCUT2D eigenvalue weighted by atomic mass is 79.9. The minimum atomic E-state index is 0.418. The van der Waals surface area contributed by atoms with Crippen LogP contribution in [0.25, 0.3) is 0 Å². The lowest BCUT2D eigenvalue weighted by atomic mass is 10.2. The largest absolute Gasteiger partial charge is 0.379 e. The van der Waals surface area contributed by atoms with Crippen molar-refractivity contribution >= 4 is 21.7 Å². The minimum absolute atomic E-state index is 0.418. The van der Waals surface area contributed by atoms with Gasteiger partial charge in [0.2, 0.25) is 0 Å². The van der Waals surface area contributed by atoms with Gasteiger partial charge in [0.25, 0.3) is 0 Å². The number of anilines is 1. The number of rotatable bonds is 2. The summed E-state index contributed by atoms with van der Waals surface area (Å²) in [4.78, 5) is 4.29. The fraction of sp³-hybridized carbons (Fsp3) is 0.444. The first-order valence-corrected chi connectivity index (χ1v) is 5.11. The summed E-state index contributed by atoms with van der Waals surface area (Å²) in [7, 11) is 0. The van der Waals surface area contributed by atoms with E-state index in [0.29, 0.717) is 6.04 Å². The van der Waals surface area contributed by atoms with Crippen LogP contribution in [0.2, 0.25) is 0 Å². The second-order valence-electron chi connectivity index (χ2n) is 3.05. The summed E-state index contributed by atoms with van der Waals surface area (Å²) in [6.45, 7) is 1.64. The van der Waals surface area contributed by atoms with Gasteiger partial charge in [0.05, 0.1) is 12.6 Å². The van der Waals surface area contributed by atoms with Gasteiger partial charge in [0.15, 0.2) is 0 Å². The van der Waals surface area contributed by atoms with Crippen LogP contribution in [0, 0.1) is 0 Å². The van der Waals surface area contributed by atoms with Crippen LogP contribution in [0.4, 0.5) is 5.82 Å². The van der Waals surface area contributed by atoms with E-state index in [1.165, 1.54) is 0 Å². The van der Waals surface area contributed by atoms with Crippen LogP contribution in [0.15, 0.2) is 22.8 Å². The zero-order valence-corrected chi connectivity index (χ0v) is 8.75. The molecule has 1 atom stereocenters. The Bertz CT molecular complexity index is 287. The smallest absolute Gasteiger partial charge is 0.127 e.